The Morgan fingerprint density at radius 1 is 0.444 bits per heavy atom. The molecule has 0 spiro atoms. The fraction of sp³-hybridized carbons (Fsp3) is 1.00. The van der Waals surface area contributed by atoms with E-state index in [0.717, 1.165) is 37.0 Å². The topological polar surface area (TPSA) is 92.3 Å². The second kappa shape index (κ2) is 29.7. The summed E-state index contributed by atoms with van der Waals surface area (Å²) >= 11 is 1.96. The van der Waals surface area contributed by atoms with E-state index in [1.54, 1.807) is 21.3 Å². The summed E-state index contributed by atoms with van der Waals surface area (Å²) in [6.07, 6.45) is 2.19. The Morgan fingerprint density at radius 3 is 1.14 bits per heavy atom. The summed E-state index contributed by atoms with van der Waals surface area (Å²) in [6, 6.07) is 1.04. The Hall–Kier alpha value is 0.167. The van der Waals surface area contributed by atoms with Gasteiger partial charge in [0.15, 0.2) is 0 Å². The molecule has 0 aromatic heterocycles. The average Bonchev–Trinajstić information content (AvgIpc) is 2.90. The van der Waals surface area contributed by atoms with E-state index >= 15 is 0 Å². The zero-order valence-corrected chi connectivity index (χ0v) is 24.9. The predicted molar refractivity (Wildman–Crippen MR) is 145 cm³/mol. The lowest BCUT2D eigenvalue weighted by Crippen LogP contribution is -2.35. The van der Waals surface area contributed by atoms with E-state index in [4.69, 9.17) is 46.7 Å². The first-order valence-electron chi connectivity index (χ1n) is 12.9. The van der Waals surface area contributed by atoms with Crippen molar-refractivity contribution in [2.75, 3.05) is 132 Å². The second-order valence-corrected chi connectivity index (χ2v) is 12.7. The Kier molecular flexibility index (Phi) is 29.9. The molecule has 12 heteroatoms. The lowest BCUT2D eigenvalue weighted by Gasteiger charge is -2.22. The van der Waals surface area contributed by atoms with Gasteiger partial charge >= 0.3 is 8.56 Å². The molecule has 0 bridgehead atoms. The van der Waals surface area contributed by atoms with E-state index in [9.17, 15) is 0 Å². The van der Waals surface area contributed by atoms with Crippen molar-refractivity contribution in [3.8, 4) is 0 Å². The molecule has 0 aromatic carbocycles. The fourth-order valence-corrected chi connectivity index (χ4v) is 5.24. The third-order valence-corrected chi connectivity index (χ3v) is 9.17. The van der Waals surface area contributed by atoms with E-state index in [1.807, 2.05) is 11.8 Å². The zero-order chi connectivity index (χ0) is 26.4. The summed E-state index contributed by atoms with van der Waals surface area (Å²) in [6.45, 7) is 10.8. The minimum absolute atomic E-state index is 0.540. The molecule has 0 atom stereocenters. The smallest absolute Gasteiger partial charge is 0.334 e. The van der Waals surface area contributed by atoms with Crippen LogP contribution in [0.2, 0.25) is 12.6 Å². The molecular weight excluding hydrogens is 508 g/mol. The zero-order valence-electron chi connectivity index (χ0n) is 23.1. The SMILES string of the molecule is COCCOCCOCCOCCOCCOCCOCCOCCCSCCC[Si](C)(OC)OC. The minimum atomic E-state index is -1.90. The molecule has 0 heterocycles. The van der Waals surface area contributed by atoms with E-state index < -0.39 is 8.56 Å². The number of hydrogen-bond acceptors (Lipinski definition) is 11. The lowest BCUT2D eigenvalue weighted by molar-refractivity contribution is -0.0220. The van der Waals surface area contributed by atoms with E-state index in [0.29, 0.717) is 92.5 Å². The predicted octanol–water partition coefficient (Wildman–Crippen LogP) is 2.63. The highest BCUT2D eigenvalue weighted by atomic mass is 32.2. The van der Waals surface area contributed by atoms with Gasteiger partial charge in [-0.25, -0.2) is 0 Å². The number of rotatable bonds is 31. The summed E-state index contributed by atoms with van der Waals surface area (Å²) in [4.78, 5) is 0. The molecule has 0 rings (SSSR count). The monoisotopic (exact) mass is 560 g/mol. The number of hydrogen-bond donors (Lipinski definition) is 0. The van der Waals surface area contributed by atoms with Crippen LogP contribution in [0.4, 0.5) is 0 Å². The van der Waals surface area contributed by atoms with Crippen molar-refractivity contribution in [2.24, 2.45) is 0 Å². The Balaban J connectivity index is 3.09. The second-order valence-electron chi connectivity index (χ2n) is 7.89. The largest absolute Gasteiger partial charge is 0.398 e. The highest BCUT2D eigenvalue weighted by Gasteiger charge is 2.27. The van der Waals surface area contributed by atoms with Gasteiger partial charge in [-0.1, -0.05) is 0 Å². The summed E-state index contributed by atoms with van der Waals surface area (Å²) in [5, 5.41) is 0. The van der Waals surface area contributed by atoms with Gasteiger partial charge in [0.1, 0.15) is 0 Å². The molecule has 0 saturated heterocycles. The van der Waals surface area contributed by atoms with Crippen LogP contribution in [0.15, 0.2) is 0 Å². The maximum absolute atomic E-state index is 5.60. The molecule has 0 amide bonds. The van der Waals surface area contributed by atoms with Crippen LogP contribution in [-0.4, -0.2) is 140 Å². The van der Waals surface area contributed by atoms with E-state index in [1.165, 1.54) is 0 Å². The first-order valence-corrected chi connectivity index (χ1v) is 16.6. The molecule has 10 nitrogen and oxygen atoms in total. The van der Waals surface area contributed by atoms with Crippen molar-refractivity contribution in [3.63, 3.8) is 0 Å². The van der Waals surface area contributed by atoms with Crippen molar-refractivity contribution >= 4 is 20.3 Å². The summed E-state index contributed by atoms with van der Waals surface area (Å²) < 4.78 is 54.1. The van der Waals surface area contributed by atoms with Crippen LogP contribution >= 0.6 is 11.8 Å². The van der Waals surface area contributed by atoms with Crippen LogP contribution in [-0.2, 0) is 46.7 Å². The average molecular weight is 561 g/mol. The molecule has 0 aliphatic rings. The molecule has 218 valence electrons. The molecule has 0 aromatic rings. The summed E-state index contributed by atoms with van der Waals surface area (Å²) in [5.74, 6) is 2.25. The van der Waals surface area contributed by atoms with Gasteiger partial charge in [0.2, 0.25) is 0 Å². The molecule has 0 aliphatic heterocycles. The number of thioether (sulfide) groups is 1. The summed E-state index contributed by atoms with van der Waals surface area (Å²) in [7, 11) is 3.24. The standard InChI is InChI=1S/C24H52O10SSi/c1-25-8-9-29-12-13-31-16-17-33-20-21-34-19-18-32-15-14-30-11-10-28-7-5-22-35-23-6-24-36(4,26-2)27-3/h5-24H2,1-4H3. The van der Waals surface area contributed by atoms with Gasteiger partial charge in [-0.15, -0.1) is 0 Å². The van der Waals surface area contributed by atoms with Gasteiger partial charge in [-0.3, -0.25) is 0 Å². The maximum Gasteiger partial charge on any atom is 0.334 e. The van der Waals surface area contributed by atoms with Crippen molar-refractivity contribution in [1.29, 1.82) is 0 Å². The van der Waals surface area contributed by atoms with Crippen LogP contribution in [0, 0.1) is 0 Å². The highest BCUT2D eigenvalue weighted by molar-refractivity contribution is 7.99. The maximum atomic E-state index is 5.60. The number of methoxy groups -OCH3 is 1. The van der Waals surface area contributed by atoms with E-state index in [2.05, 4.69) is 6.55 Å². The van der Waals surface area contributed by atoms with Crippen molar-refractivity contribution in [1.82, 2.24) is 0 Å². The van der Waals surface area contributed by atoms with Crippen LogP contribution in [0.1, 0.15) is 12.8 Å². The van der Waals surface area contributed by atoms with Crippen molar-refractivity contribution in [2.45, 2.75) is 25.4 Å². The third-order valence-electron chi connectivity index (χ3n) is 5.02. The van der Waals surface area contributed by atoms with Crippen LogP contribution in [0.3, 0.4) is 0 Å². The molecule has 0 unspecified atom stereocenters. The quantitative estimate of drug-likeness (QED) is 0.0925. The minimum Gasteiger partial charge on any atom is -0.398 e. The highest BCUT2D eigenvalue weighted by Crippen LogP contribution is 2.16. The molecular formula is C24H52O10SSi. The molecule has 36 heavy (non-hydrogen) atoms. The lowest BCUT2D eigenvalue weighted by atomic mass is 10.5. The van der Waals surface area contributed by atoms with Crippen LogP contribution < -0.4 is 0 Å². The van der Waals surface area contributed by atoms with Gasteiger partial charge in [-0.2, -0.15) is 11.8 Å². The summed E-state index contributed by atoms with van der Waals surface area (Å²) in [5.41, 5.74) is 0. The Morgan fingerprint density at radius 2 is 0.778 bits per heavy atom. The molecule has 0 aliphatic carbocycles. The van der Waals surface area contributed by atoms with Crippen molar-refractivity contribution < 1.29 is 46.7 Å². The van der Waals surface area contributed by atoms with Gasteiger partial charge in [0.25, 0.3) is 0 Å². The molecule has 0 radical (unpaired) electrons. The normalized spacial score (nSPS) is 12.0. The first kappa shape index (κ1) is 36.2. The third kappa shape index (κ3) is 27.2. The molecule has 0 saturated carbocycles. The fourth-order valence-electron chi connectivity index (χ4n) is 2.71. The van der Waals surface area contributed by atoms with E-state index in [-0.39, 0.29) is 0 Å². The van der Waals surface area contributed by atoms with Gasteiger partial charge in [-0.05, 0) is 36.9 Å². The van der Waals surface area contributed by atoms with Crippen LogP contribution in [0.5, 0.6) is 0 Å². The van der Waals surface area contributed by atoms with Gasteiger partial charge in [0.05, 0.1) is 92.5 Å². The first-order chi connectivity index (χ1) is 17.7. The number of ether oxygens (including phenoxy) is 8. The van der Waals surface area contributed by atoms with Gasteiger partial charge in [0, 0.05) is 27.9 Å². The molecule has 0 fully saturated rings. The molecule has 0 N–H and O–H groups in total. The Bertz CT molecular complexity index is 422. The van der Waals surface area contributed by atoms with Crippen molar-refractivity contribution in [3.05, 3.63) is 0 Å². The Labute approximate surface area is 224 Å². The van der Waals surface area contributed by atoms with Gasteiger partial charge < -0.3 is 46.7 Å². The van der Waals surface area contributed by atoms with Crippen LogP contribution in [0.25, 0.3) is 0 Å².